The Bertz CT molecular complexity index is 2370. The van der Waals surface area contributed by atoms with Crippen LogP contribution in [-0.2, 0) is 32.9 Å². The van der Waals surface area contributed by atoms with E-state index in [1.54, 1.807) is 0 Å². The molecule has 1 radical (unpaired) electrons. The topological polar surface area (TPSA) is 51.8 Å². The number of benzene rings is 4. The molecule has 8 aromatic rings. The maximum Gasteiger partial charge on any atom is 0.216 e. The maximum absolute atomic E-state index is 6.34. The van der Waals surface area contributed by atoms with E-state index in [-0.39, 0.29) is 20.1 Å². The third kappa shape index (κ3) is 7.65. The number of furan rings is 1. The normalized spacial score (nSPS) is 10.8. The van der Waals surface area contributed by atoms with Gasteiger partial charge in [0.25, 0.3) is 0 Å². The van der Waals surface area contributed by atoms with Crippen molar-refractivity contribution in [2.45, 2.75) is 40.5 Å². The van der Waals surface area contributed by atoms with E-state index in [1.165, 1.54) is 33.4 Å². The van der Waals surface area contributed by atoms with Gasteiger partial charge in [0.05, 0.1) is 5.58 Å². The van der Waals surface area contributed by atoms with Crippen molar-refractivity contribution in [3.8, 4) is 33.6 Å². The number of aromatic nitrogens is 3. The zero-order valence-electron chi connectivity index (χ0n) is 28.6. The fraction of sp³-hybridized carbons (Fsp3) is 0.133. The molecule has 8 rings (SSSR count). The quantitative estimate of drug-likeness (QED) is 0.157. The molecule has 0 aliphatic rings. The molecule has 5 heteroatoms. The van der Waals surface area contributed by atoms with Gasteiger partial charge in [-0.1, -0.05) is 83.2 Å². The monoisotopic (exact) mass is 828 g/mol. The minimum atomic E-state index is 0. The fourth-order valence-corrected chi connectivity index (χ4v) is 6.18. The number of nitrogens with zero attached hydrogens (tertiary/aromatic N) is 3. The predicted octanol–water partition coefficient (Wildman–Crippen LogP) is 11.1. The Morgan fingerprint density at radius 1 is 0.600 bits per heavy atom. The minimum Gasteiger partial charge on any atom is -0.486 e. The summed E-state index contributed by atoms with van der Waals surface area (Å²) < 4.78 is 6.34. The van der Waals surface area contributed by atoms with Crippen LogP contribution in [0.15, 0.2) is 132 Å². The van der Waals surface area contributed by atoms with Crippen molar-refractivity contribution in [3.63, 3.8) is 0 Å². The standard InChI is InChI=1S/C33H27N2O.C12H10N.Ir/c1-21-12-16-26(22(2)18-21)30-20-34-31(19-23(30)3)29-11-7-10-27-28-17-15-25(35-33(28)36-32(27)29)14-13-24-8-5-4-6-9-24;1-10-7-8-12(13-9-10)11-5-3-2-4-6-11;/h4-10,12,15-20H,13-14H2,1-3H3;2-5,7-9H,1H3;/q2*-1;. The van der Waals surface area contributed by atoms with Gasteiger partial charge in [0, 0.05) is 49.1 Å². The molecule has 0 fully saturated rings. The van der Waals surface area contributed by atoms with Gasteiger partial charge in [0.15, 0.2) is 0 Å². The summed E-state index contributed by atoms with van der Waals surface area (Å²) in [6.45, 7) is 8.44. The van der Waals surface area contributed by atoms with E-state index < -0.39 is 0 Å². The molecule has 0 aliphatic carbocycles. The molecule has 0 aliphatic heterocycles. The van der Waals surface area contributed by atoms with Crippen molar-refractivity contribution >= 4 is 22.1 Å². The number of hydrogen-bond donors (Lipinski definition) is 0. The minimum absolute atomic E-state index is 0. The van der Waals surface area contributed by atoms with Gasteiger partial charge in [0.2, 0.25) is 5.71 Å². The smallest absolute Gasteiger partial charge is 0.216 e. The molecule has 0 unspecified atom stereocenters. The second kappa shape index (κ2) is 15.6. The molecule has 0 amide bonds. The molecule has 249 valence electrons. The first-order valence-electron chi connectivity index (χ1n) is 16.6. The molecular formula is C45H37IrN3O-2. The molecule has 0 saturated heterocycles. The van der Waals surface area contributed by atoms with Crippen LogP contribution in [0.25, 0.3) is 55.7 Å². The Morgan fingerprint density at radius 2 is 1.38 bits per heavy atom. The van der Waals surface area contributed by atoms with Gasteiger partial charge in [-0.25, -0.2) is 4.98 Å². The predicted molar refractivity (Wildman–Crippen MR) is 200 cm³/mol. The summed E-state index contributed by atoms with van der Waals surface area (Å²) >= 11 is 0. The van der Waals surface area contributed by atoms with Crippen molar-refractivity contribution < 1.29 is 24.5 Å². The molecule has 0 N–H and O–H groups in total. The summed E-state index contributed by atoms with van der Waals surface area (Å²) in [5.41, 5.74) is 14.8. The molecule has 50 heavy (non-hydrogen) atoms. The third-order valence-electron chi connectivity index (χ3n) is 8.80. The van der Waals surface area contributed by atoms with Crippen LogP contribution < -0.4 is 0 Å². The number of hydrogen-bond acceptors (Lipinski definition) is 4. The first kappa shape index (κ1) is 34.6. The molecule has 4 nitrogen and oxygen atoms in total. The molecule has 0 saturated carbocycles. The van der Waals surface area contributed by atoms with Crippen molar-refractivity contribution in [2.75, 3.05) is 0 Å². The first-order chi connectivity index (χ1) is 23.9. The van der Waals surface area contributed by atoms with E-state index in [0.29, 0.717) is 5.71 Å². The van der Waals surface area contributed by atoms with Crippen LogP contribution in [0.5, 0.6) is 0 Å². The fourth-order valence-electron chi connectivity index (χ4n) is 6.18. The first-order valence-corrected chi connectivity index (χ1v) is 16.6. The van der Waals surface area contributed by atoms with Crippen LogP contribution in [0.3, 0.4) is 0 Å². The van der Waals surface area contributed by atoms with Gasteiger partial charge >= 0.3 is 0 Å². The molecule has 4 aromatic heterocycles. The molecular weight excluding hydrogens is 791 g/mol. The van der Waals surface area contributed by atoms with Gasteiger partial charge < -0.3 is 14.4 Å². The average molecular weight is 828 g/mol. The van der Waals surface area contributed by atoms with Crippen LogP contribution >= 0.6 is 0 Å². The average Bonchev–Trinajstić information content (AvgIpc) is 3.51. The Labute approximate surface area is 307 Å². The maximum atomic E-state index is 6.34. The van der Waals surface area contributed by atoms with E-state index in [2.05, 4.69) is 105 Å². The van der Waals surface area contributed by atoms with E-state index in [0.717, 1.165) is 63.0 Å². The van der Waals surface area contributed by atoms with E-state index in [4.69, 9.17) is 14.4 Å². The summed E-state index contributed by atoms with van der Waals surface area (Å²) in [6, 6.07) is 45.9. The summed E-state index contributed by atoms with van der Waals surface area (Å²) in [6.07, 6.45) is 5.67. The van der Waals surface area contributed by atoms with Crippen LogP contribution in [0.2, 0.25) is 0 Å². The van der Waals surface area contributed by atoms with Crippen molar-refractivity contribution in [1.29, 1.82) is 0 Å². The van der Waals surface area contributed by atoms with Crippen molar-refractivity contribution in [1.82, 2.24) is 15.0 Å². The summed E-state index contributed by atoms with van der Waals surface area (Å²) in [5, 5.41) is 2.06. The Hall–Kier alpha value is -5.22. The number of aryl methyl sites for hydroxylation is 6. The zero-order chi connectivity index (χ0) is 33.7. The number of rotatable bonds is 6. The van der Waals surface area contributed by atoms with Crippen molar-refractivity contribution in [2.24, 2.45) is 0 Å². The second-order valence-electron chi connectivity index (χ2n) is 12.5. The van der Waals surface area contributed by atoms with E-state index in [9.17, 15) is 0 Å². The summed E-state index contributed by atoms with van der Waals surface area (Å²) in [5.74, 6) is 0. The van der Waals surface area contributed by atoms with E-state index >= 15 is 0 Å². The number of fused-ring (bicyclic) bond motifs is 3. The summed E-state index contributed by atoms with van der Waals surface area (Å²) in [4.78, 5) is 14.0. The third-order valence-corrected chi connectivity index (χ3v) is 8.80. The molecule has 0 spiro atoms. The van der Waals surface area contributed by atoms with Gasteiger partial charge in [-0.15, -0.1) is 54.1 Å². The molecule has 0 bridgehead atoms. The van der Waals surface area contributed by atoms with Gasteiger partial charge in [-0.05, 0) is 91.9 Å². The van der Waals surface area contributed by atoms with Crippen LogP contribution in [0, 0.1) is 39.8 Å². The Morgan fingerprint density at radius 3 is 2.12 bits per heavy atom. The van der Waals surface area contributed by atoms with Crippen molar-refractivity contribution in [3.05, 3.63) is 173 Å². The van der Waals surface area contributed by atoms with E-state index in [1.807, 2.05) is 67.8 Å². The largest absolute Gasteiger partial charge is 0.486 e. The summed E-state index contributed by atoms with van der Waals surface area (Å²) in [7, 11) is 0. The van der Waals surface area contributed by atoms with Gasteiger partial charge in [0.1, 0.15) is 0 Å². The molecule has 4 aromatic carbocycles. The van der Waals surface area contributed by atoms with Crippen LogP contribution in [0.4, 0.5) is 0 Å². The van der Waals surface area contributed by atoms with Crippen LogP contribution in [0.1, 0.15) is 33.5 Å². The zero-order valence-corrected chi connectivity index (χ0v) is 31.0. The second-order valence-corrected chi connectivity index (χ2v) is 12.5. The van der Waals surface area contributed by atoms with Crippen LogP contribution in [-0.4, -0.2) is 15.0 Å². The SMILES string of the molecule is Cc1ccc(-c2[c-]cccc2)nc1.Cc1ccc(-c2cnc(-c3[c-]ccc4c3oc3nc(CCc5ccccc5)ccc34)cc2C)c(C)c1.[Ir]. The van der Waals surface area contributed by atoms with Gasteiger partial charge in [-0.2, -0.15) is 0 Å². The number of pyridine rings is 3. The molecule has 4 heterocycles. The van der Waals surface area contributed by atoms with Gasteiger partial charge in [-0.3, -0.25) is 0 Å². The Balaban J connectivity index is 0.000000260. The Kier molecular flexibility index (Phi) is 10.8. The molecule has 0 atom stereocenters.